The van der Waals surface area contributed by atoms with Crippen LogP contribution in [0, 0.1) is 0 Å². The summed E-state index contributed by atoms with van der Waals surface area (Å²) in [5.41, 5.74) is -1.03. The summed E-state index contributed by atoms with van der Waals surface area (Å²) in [6, 6.07) is 0. The molecule has 0 aliphatic heterocycles. The van der Waals surface area contributed by atoms with Crippen LogP contribution in [-0.4, -0.2) is 36.7 Å². The minimum absolute atomic E-state index is 0.391. The van der Waals surface area contributed by atoms with E-state index in [0.29, 0.717) is 0 Å². The summed E-state index contributed by atoms with van der Waals surface area (Å²) in [4.78, 5) is 41.5. The lowest BCUT2D eigenvalue weighted by Crippen LogP contribution is -2.21. The van der Waals surface area contributed by atoms with Crippen LogP contribution in [0.25, 0.3) is 0 Å². The maximum absolute atomic E-state index is 11.2. The minimum Gasteiger partial charge on any atom is -0.432 e. The van der Waals surface area contributed by atoms with E-state index < -0.39 is 36.7 Å². The zero-order chi connectivity index (χ0) is 17.2. The zero-order valence-corrected chi connectivity index (χ0v) is 13.8. The van der Waals surface area contributed by atoms with Crippen molar-refractivity contribution < 1.29 is 38.6 Å². The van der Waals surface area contributed by atoms with E-state index in [-0.39, 0.29) is 0 Å². The fraction of sp³-hybridized carbons (Fsp3) is 0.714. The summed E-state index contributed by atoms with van der Waals surface area (Å²) in [5.74, 6) is -1.55. The SMILES string of the molecule is CC(C)(C)OOCOC(=O)/C=C/C(=O)OCOOC(C)(C)C. The summed E-state index contributed by atoms with van der Waals surface area (Å²) in [6.45, 7) is 9.86. The van der Waals surface area contributed by atoms with Crippen LogP contribution < -0.4 is 0 Å². The third kappa shape index (κ3) is 14.9. The molecule has 0 atom stereocenters. The van der Waals surface area contributed by atoms with E-state index in [4.69, 9.17) is 9.78 Å². The van der Waals surface area contributed by atoms with Gasteiger partial charge >= 0.3 is 11.9 Å². The lowest BCUT2D eigenvalue weighted by molar-refractivity contribution is -0.375. The second-order valence-corrected chi connectivity index (χ2v) is 6.12. The van der Waals surface area contributed by atoms with Gasteiger partial charge in [0, 0.05) is 12.2 Å². The molecule has 0 fully saturated rings. The van der Waals surface area contributed by atoms with E-state index >= 15 is 0 Å². The highest BCUT2D eigenvalue weighted by molar-refractivity contribution is 5.91. The quantitative estimate of drug-likeness (QED) is 0.168. The van der Waals surface area contributed by atoms with E-state index in [2.05, 4.69) is 19.2 Å². The number of carbonyl (C=O) groups is 2. The first-order chi connectivity index (χ1) is 9.99. The van der Waals surface area contributed by atoms with Gasteiger partial charge in [0.25, 0.3) is 0 Å². The maximum Gasteiger partial charge on any atom is 0.333 e. The van der Waals surface area contributed by atoms with Gasteiger partial charge in [-0.05, 0) is 41.5 Å². The predicted molar refractivity (Wildman–Crippen MR) is 74.9 cm³/mol. The van der Waals surface area contributed by atoms with Crippen molar-refractivity contribution in [2.75, 3.05) is 13.6 Å². The predicted octanol–water partition coefficient (Wildman–Crippen LogP) is 2.04. The van der Waals surface area contributed by atoms with E-state index in [1.165, 1.54) is 0 Å². The van der Waals surface area contributed by atoms with Crippen molar-refractivity contribution >= 4 is 11.9 Å². The van der Waals surface area contributed by atoms with Gasteiger partial charge in [-0.15, -0.1) is 0 Å². The number of ether oxygens (including phenoxy) is 2. The van der Waals surface area contributed by atoms with Crippen LogP contribution in [0.4, 0.5) is 0 Å². The molecule has 8 nitrogen and oxygen atoms in total. The second-order valence-electron chi connectivity index (χ2n) is 6.12. The molecule has 0 saturated carbocycles. The topological polar surface area (TPSA) is 89.5 Å². The molecule has 22 heavy (non-hydrogen) atoms. The summed E-state index contributed by atoms with van der Waals surface area (Å²) in [6.07, 6.45) is 1.79. The van der Waals surface area contributed by atoms with E-state index in [0.717, 1.165) is 12.2 Å². The molecule has 0 rings (SSSR count). The number of esters is 2. The standard InChI is InChI=1S/C14H24O8/c1-13(2,3)21-19-9-17-11(15)7-8-12(16)18-10-20-22-14(4,5)6/h7-8H,9-10H2,1-6H3/b8-7+. The van der Waals surface area contributed by atoms with Crippen LogP contribution in [0.15, 0.2) is 12.2 Å². The summed E-state index contributed by atoms with van der Waals surface area (Å²) in [7, 11) is 0. The highest BCUT2D eigenvalue weighted by atomic mass is 17.2. The van der Waals surface area contributed by atoms with Crippen molar-refractivity contribution in [2.45, 2.75) is 52.7 Å². The molecule has 0 aliphatic carbocycles. The van der Waals surface area contributed by atoms with Crippen molar-refractivity contribution in [3.05, 3.63) is 12.2 Å². The molecule has 0 aromatic rings. The summed E-state index contributed by atoms with van der Waals surface area (Å²) in [5, 5.41) is 0. The molecule has 8 heteroatoms. The summed E-state index contributed by atoms with van der Waals surface area (Å²) < 4.78 is 9.24. The molecule has 0 spiro atoms. The molecule has 0 radical (unpaired) electrons. The Kier molecular flexibility index (Phi) is 8.88. The van der Waals surface area contributed by atoms with Gasteiger partial charge in [0.05, 0.1) is 11.2 Å². The van der Waals surface area contributed by atoms with Crippen molar-refractivity contribution in [3.63, 3.8) is 0 Å². The van der Waals surface area contributed by atoms with Crippen LogP contribution in [0.5, 0.6) is 0 Å². The molecule has 0 N–H and O–H groups in total. The van der Waals surface area contributed by atoms with Crippen LogP contribution in [0.3, 0.4) is 0 Å². The maximum atomic E-state index is 11.2. The first-order valence-electron chi connectivity index (χ1n) is 6.62. The Balaban J connectivity index is 3.76. The Bertz CT molecular complexity index is 339. The van der Waals surface area contributed by atoms with Crippen molar-refractivity contribution in [3.8, 4) is 0 Å². The van der Waals surface area contributed by atoms with Gasteiger partial charge in [0.1, 0.15) is 0 Å². The van der Waals surface area contributed by atoms with Crippen LogP contribution in [-0.2, 0) is 38.6 Å². The van der Waals surface area contributed by atoms with Gasteiger partial charge < -0.3 is 9.47 Å². The molecule has 0 unspecified atom stereocenters. The van der Waals surface area contributed by atoms with Gasteiger partial charge in [-0.2, -0.15) is 9.78 Å². The molecular formula is C14H24O8. The lowest BCUT2D eigenvalue weighted by Gasteiger charge is -2.17. The van der Waals surface area contributed by atoms with Crippen LogP contribution in [0.1, 0.15) is 41.5 Å². The van der Waals surface area contributed by atoms with E-state index in [1.54, 1.807) is 41.5 Å². The minimum atomic E-state index is -0.777. The number of hydrogen-bond acceptors (Lipinski definition) is 8. The Labute approximate surface area is 130 Å². The first-order valence-corrected chi connectivity index (χ1v) is 6.62. The van der Waals surface area contributed by atoms with Gasteiger partial charge in [0.2, 0.25) is 13.6 Å². The smallest absolute Gasteiger partial charge is 0.333 e. The fourth-order valence-electron chi connectivity index (χ4n) is 0.798. The number of rotatable bonds is 8. The third-order valence-electron chi connectivity index (χ3n) is 1.47. The Morgan fingerprint density at radius 1 is 0.727 bits per heavy atom. The normalized spacial score (nSPS) is 12.5. The summed E-state index contributed by atoms with van der Waals surface area (Å²) >= 11 is 0. The zero-order valence-electron chi connectivity index (χ0n) is 13.8. The molecule has 0 bridgehead atoms. The van der Waals surface area contributed by atoms with Crippen LogP contribution >= 0.6 is 0 Å². The van der Waals surface area contributed by atoms with E-state index in [9.17, 15) is 9.59 Å². The average Bonchev–Trinajstić information content (AvgIpc) is 2.35. The van der Waals surface area contributed by atoms with Crippen LogP contribution in [0.2, 0.25) is 0 Å². The van der Waals surface area contributed by atoms with Gasteiger partial charge in [-0.3, -0.25) is 0 Å². The second kappa shape index (κ2) is 9.52. The first kappa shape index (κ1) is 20.5. The molecule has 0 aliphatic rings. The Hall–Kier alpha value is -1.48. The molecule has 0 saturated heterocycles. The number of hydrogen-bond donors (Lipinski definition) is 0. The lowest BCUT2D eigenvalue weighted by atomic mass is 10.2. The average molecular weight is 320 g/mol. The molecular weight excluding hydrogens is 296 g/mol. The monoisotopic (exact) mass is 320 g/mol. The van der Waals surface area contributed by atoms with E-state index in [1.807, 2.05) is 0 Å². The van der Waals surface area contributed by atoms with Gasteiger partial charge in [-0.25, -0.2) is 19.4 Å². The molecule has 0 aromatic carbocycles. The van der Waals surface area contributed by atoms with Gasteiger partial charge in [-0.1, -0.05) is 0 Å². The molecule has 0 amide bonds. The van der Waals surface area contributed by atoms with Crippen molar-refractivity contribution in [1.29, 1.82) is 0 Å². The Morgan fingerprint density at radius 3 is 1.32 bits per heavy atom. The largest absolute Gasteiger partial charge is 0.432 e. The highest BCUT2D eigenvalue weighted by Crippen LogP contribution is 2.07. The molecule has 0 heterocycles. The molecule has 0 aromatic heterocycles. The van der Waals surface area contributed by atoms with Gasteiger partial charge in [0.15, 0.2) is 0 Å². The van der Waals surface area contributed by atoms with Crippen molar-refractivity contribution in [2.24, 2.45) is 0 Å². The van der Waals surface area contributed by atoms with Crippen molar-refractivity contribution in [1.82, 2.24) is 0 Å². The molecule has 128 valence electrons. The Morgan fingerprint density at radius 2 is 1.05 bits per heavy atom. The third-order valence-corrected chi connectivity index (χ3v) is 1.47. The highest BCUT2D eigenvalue weighted by Gasteiger charge is 2.12. The number of carbonyl (C=O) groups excluding carboxylic acids is 2. The fourth-order valence-corrected chi connectivity index (χ4v) is 0.798.